The summed E-state index contributed by atoms with van der Waals surface area (Å²) >= 11 is 0. The van der Waals surface area contributed by atoms with Crippen molar-refractivity contribution < 1.29 is 4.79 Å². The molecule has 2 aromatic rings. The molecule has 86 valence electrons. The monoisotopic (exact) mass is 226 g/mol. The Balaban J connectivity index is 2.48. The van der Waals surface area contributed by atoms with Crippen molar-refractivity contribution in [1.29, 1.82) is 0 Å². The molecule has 0 aliphatic carbocycles. The Bertz CT molecular complexity index is 576. The number of pyridine rings is 2. The van der Waals surface area contributed by atoms with Gasteiger partial charge in [0.05, 0.1) is 0 Å². The number of carbonyl (C=O) groups is 1. The summed E-state index contributed by atoms with van der Waals surface area (Å²) in [5, 5.41) is 0. The maximum absolute atomic E-state index is 12.3. The highest BCUT2D eigenvalue weighted by Gasteiger charge is 2.15. The molecule has 0 unspecified atom stereocenters. The predicted octanol–water partition coefficient (Wildman–Crippen LogP) is 2.63. The minimum absolute atomic E-state index is 0.0619. The molecule has 0 saturated heterocycles. The molecule has 0 aromatic carbocycles. The molecule has 17 heavy (non-hydrogen) atoms. The molecule has 0 radical (unpaired) electrons. The molecule has 2 heterocycles. The van der Waals surface area contributed by atoms with E-state index in [1.54, 1.807) is 18.6 Å². The Labute approximate surface area is 101 Å². The average Bonchev–Trinajstić information content (AvgIpc) is 2.29. The summed E-state index contributed by atoms with van der Waals surface area (Å²) in [5.41, 5.74) is 4.01. The van der Waals surface area contributed by atoms with Crippen LogP contribution in [0.15, 0.2) is 30.7 Å². The number of aryl methyl sites for hydroxylation is 3. The first-order valence-corrected chi connectivity index (χ1v) is 5.48. The van der Waals surface area contributed by atoms with Crippen LogP contribution < -0.4 is 0 Å². The SMILES string of the molecule is Cc1cnc(C(=O)c2cnccc2C)c(C)c1. The van der Waals surface area contributed by atoms with E-state index in [9.17, 15) is 4.79 Å². The lowest BCUT2D eigenvalue weighted by Crippen LogP contribution is -2.08. The van der Waals surface area contributed by atoms with Gasteiger partial charge in [-0.2, -0.15) is 0 Å². The first-order valence-electron chi connectivity index (χ1n) is 5.48. The summed E-state index contributed by atoms with van der Waals surface area (Å²) in [6.45, 7) is 5.76. The van der Waals surface area contributed by atoms with E-state index in [0.29, 0.717) is 11.3 Å². The minimum Gasteiger partial charge on any atom is -0.287 e. The fourth-order valence-electron chi connectivity index (χ4n) is 1.78. The van der Waals surface area contributed by atoms with Gasteiger partial charge in [0.15, 0.2) is 0 Å². The molecule has 0 atom stereocenters. The van der Waals surface area contributed by atoms with Crippen LogP contribution in [0, 0.1) is 20.8 Å². The van der Waals surface area contributed by atoms with Crippen molar-refractivity contribution in [1.82, 2.24) is 9.97 Å². The highest BCUT2D eigenvalue weighted by Crippen LogP contribution is 2.14. The van der Waals surface area contributed by atoms with Gasteiger partial charge in [0.2, 0.25) is 5.78 Å². The Morgan fingerprint density at radius 1 is 1.12 bits per heavy atom. The number of ketones is 1. The lowest BCUT2D eigenvalue weighted by atomic mass is 10.0. The molecule has 2 rings (SSSR count). The standard InChI is InChI=1S/C14H14N2O/c1-9-6-11(3)13(16-7-9)14(17)12-8-15-5-4-10(12)2/h4-8H,1-3H3. The van der Waals surface area contributed by atoms with Crippen LogP contribution >= 0.6 is 0 Å². The lowest BCUT2D eigenvalue weighted by molar-refractivity contribution is 0.103. The molecule has 3 heteroatoms. The number of carbonyl (C=O) groups excluding carboxylic acids is 1. The second-order valence-corrected chi connectivity index (χ2v) is 4.20. The predicted molar refractivity (Wildman–Crippen MR) is 66.1 cm³/mol. The normalized spacial score (nSPS) is 10.3. The van der Waals surface area contributed by atoms with Gasteiger partial charge in [-0.05, 0) is 43.5 Å². The molecule has 3 nitrogen and oxygen atoms in total. The first kappa shape index (κ1) is 11.5. The molecule has 0 N–H and O–H groups in total. The molecular formula is C14H14N2O. The molecular weight excluding hydrogens is 212 g/mol. The van der Waals surface area contributed by atoms with Crippen LogP contribution in [-0.2, 0) is 0 Å². The van der Waals surface area contributed by atoms with Crippen LogP contribution in [0.1, 0.15) is 32.7 Å². The number of hydrogen-bond acceptors (Lipinski definition) is 3. The summed E-state index contributed by atoms with van der Waals surface area (Å²) in [5.74, 6) is -0.0619. The van der Waals surface area contributed by atoms with Gasteiger partial charge in [0, 0.05) is 24.2 Å². The third kappa shape index (κ3) is 2.23. The maximum Gasteiger partial charge on any atom is 0.213 e. The van der Waals surface area contributed by atoms with Crippen molar-refractivity contribution in [2.24, 2.45) is 0 Å². The minimum atomic E-state index is -0.0619. The molecule has 2 aromatic heterocycles. The molecule has 0 spiro atoms. The Kier molecular flexibility index (Phi) is 3.00. The number of nitrogens with zero attached hydrogens (tertiary/aromatic N) is 2. The second kappa shape index (κ2) is 4.45. The van der Waals surface area contributed by atoms with E-state index in [2.05, 4.69) is 9.97 Å². The van der Waals surface area contributed by atoms with E-state index in [4.69, 9.17) is 0 Å². The van der Waals surface area contributed by atoms with Crippen LogP contribution in [0.4, 0.5) is 0 Å². The second-order valence-electron chi connectivity index (χ2n) is 4.20. The topological polar surface area (TPSA) is 42.9 Å². The van der Waals surface area contributed by atoms with Crippen LogP contribution in [0.25, 0.3) is 0 Å². The maximum atomic E-state index is 12.3. The molecule has 0 saturated carbocycles. The largest absolute Gasteiger partial charge is 0.287 e. The van der Waals surface area contributed by atoms with E-state index in [1.165, 1.54) is 0 Å². The average molecular weight is 226 g/mol. The van der Waals surface area contributed by atoms with Gasteiger partial charge < -0.3 is 0 Å². The smallest absolute Gasteiger partial charge is 0.213 e. The van der Waals surface area contributed by atoms with Crippen LogP contribution in [0.3, 0.4) is 0 Å². The fraction of sp³-hybridized carbons (Fsp3) is 0.214. The Hall–Kier alpha value is -2.03. The van der Waals surface area contributed by atoms with Crippen LogP contribution in [0.2, 0.25) is 0 Å². The van der Waals surface area contributed by atoms with Gasteiger partial charge in [-0.25, -0.2) is 0 Å². The van der Waals surface area contributed by atoms with E-state index in [-0.39, 0.29) is 5.78 Å². The third-order valence-electron chi connectivity index (χ3n) is 2.71. The number of rotatable bonds is 2. The summed E-state index contributed by atoms with van der Waals surface area (Å²) in [6, 6.07) is 3.79. The summed E-state index contributed by atoms with van der Waals surface area (Å²) in [4.78, 5) is 20.5. The highest BCUT2D eigenvalue weighted by atomic mass is 16.1. The zero-order chi connectivity index (χ0) is 12.4. The zero-order valence-electron chi connectivity index (χ0n) is 10.2. The summed E-state index contributed by atoms with van der Waals surface area (Å²) < 4.78 is 0. The van der Waals surface area contributed by atoms with Crippen molar-refractivity contribution in [3.05, 3.63) is 58.7 Å². The van der Waals surface area contributed by atoms with E-state index in [0.717, 1.165) is 16.7 Å². The van der Waals surface area contributed by atoms with E-state index in [1.807, 2.05) is 32.9 Å². The van der Waals surface area contributed by atoms with Gasteiger partial charge in [-0.1, -0.05) is 6.07 Å². The number of aromatic nitrogens is 2. The highest BCUT2D eigenvalue weighted by molar-refractivity contribution is 6.09. The summed E-state index contributed by atoms with van der Waals surface area (Å²) in [7, 11) is 0. The van der Waals surface area contributed by atoms with E-state index >= 15 is 0 Å². The van der Waals surface area contributed by atoms with Crippen LogP contribution in [0.5, 0.6) is 0 Å². The van der Waals surface area contributed by atoms with Crippen molar-refractivity contribution in [2.75, 3.05) is 0 Å². The van der Waals surface area contributed by atoms with E-state index < -0.39 is 0 Å². The fourth-order valence-corrected chi connectivity index (χ4v) is 1.78. The van der Waals surface area contributed by atoms with Gasteiger partial charge in [-0.3, -0.25) is 14.8 Å². The third-order valence-corrected chi connectivity index (χ3v) is 2.71. The summed E-state index contributed by atoms with van der Waals surface area (Å²) in [6.07, 6.45) is 4.99. The molecule has 0 amide bonds. The van der Waals surface area contributed by atoms with Crippen molar-refractivity contribution in [3.8, 4) is 0 Å². The van der Waals surface area contributed by atoms with Crippen molar-refractivity contribution in [3.63, 3.8) is 0 Å². The van der Waals surface area contributed by atoms with Crippen molar-refractivity contribution in [2.45, 2.75) is 20.8 Å². The lowest BCUT2D eigenvalue weighted by Gasteiger charge is -2.06. The Morgan fingerprint density at radius 2 is 1.88 bits per heavy atom. The zero-order valence-corrected chi connectivity index (χ0v) is 10.2. The van der Waals surface area contributed by atoms with Gasteiger partial charge in [0.25, 0.3) is 0 Å². The van der Waals surface area contributed by atoms with Gasteiger partial charge in [-0.15, -0.1) is 0 Å². The molecule has 0 aliphatic rings. The molecule has 0 aliphatic heterocycles. The van der Waals surface area contributed by atoms with Gasteiger partial charge >= 0.3 is 0 Å². The van der Waals surface area contributed by atoms with Crippen molar-refractivity contribution >= 4 is 5.78 Å². The molecule has 0 fully saturated rings. The van der Waals surface area contributed by atoms with Crippen LogP contribution in [-0.4, -0.2) is 15.8 Å². The first-order chi connectivity index (χ1) is 8.09. The van der Waals surface area contributed by atoms with Gasteiger partial charge in [0.1, 0.15) is 5.69 Å². The quantitative estimate of drug-likeness (QED) is 0.739. The number of hydrogen-bond donors (Lipinski definition) is 0. The Morgan fingerprint density at radius 3 is 2.53 bits per heavy atom. The molecule has 0 bridgehead atoms.